The third kappa shape index (κ3) is 2.61. The number of aromatic nitrogens is 4. The van der Waals surface area contributed by atoms with Gasteiger partial charge in [-0.05, 0) is 25.2 Å². The summed E-state index contributed by atoms with van der Waals surface area (Å²) in [6.07, 6.45) is 8.83. The molecular weight excluding hydrogens is 306 g/mol. The lowest BCUT2D eigenvalue weighted by Crippen LogP contribution is -2.49. The van der Waals surface area contributed by atoms with Crippen LogP contribution in [0, 0.1) is 5.92 Å². The maximum absolute atomic E-state index is 11.9. The molecule has 24 heavy (non-hydrogen) atoms. The predicted octanol–water partition coefficient (Wildman–Crippen LogP) is 1.28. The van der Waals surface area contributed by atoms with Crippen molar-refractivity contribution in [3.8, 4) is 0 Å². The molecule has 0 unspecified atom stereocenters. The molecule has 2 aromatic rings. The second kappa shape index (κ2) is 5.85. The van der Waals surface area contributed by atoms with Gasteiger partial charge in [-0.25, -0.2) is 19.9 Å². The molecule has 1 saturated heterocycles. The number of imidazole rings is 1. The number of carbonyl (C=O) groups excluding carboxylic acids is 1. The van der Waals surface area contributed by atoms with E-state index < -0.39 is 0 Å². The molecule has 4 rings (SSSR count). The Morgan fingerprint density at radius 3 is 3.04 bits per heavy atom. The van der Waals surface area contributed by atoms with Gasteiger partial charge in [0.25, 0.3) is 0 Å². The third-order valence-electron chi connectivity index (χ3n) is 4.85. The first-order chi connectivity index (χ1) is 11.6. The van der Waals surface area contributed by atoms with Gasteiger partial charge in [0.15, 0.2) is 17.0 Å². The van der Waals surface area contributed by atoms with Gasteiger partial charge in [0, 0.05) is 26.6 Å². The molecule has 0 radical (unpaired) electrons. The van der Waals surface area contributed by atoms with Crippen LogP contribution in [0.3, 0.4) is 0 Å². The Morgan fingerprint density at radius 2 is 2.21 bits per heavy atom. The molecule has 1 N–H and O–H groups in total. The summed E-state index contributed by atoms with van der Waals surface area (Å²) in [5.41, 5.74) is 1.47. The lowest BCUT2D eigenvalue weighted by molar-refractivity contribution is -0.126. The van der Waals surface area contributed by atoms with Crippen molar-refractivity contribution in [1.82, 2.24) is 29.7 Å². The van der Waals surface area contributed by atoms with Crippen LogP contribution < -0.4 is 5.32 Å². The largest absolute Gasteiger partial charge is 0.369 e. The SMILES string of the molecule is CN(C)/C=N\c1ncnc2c1ncn2[C@@H]1CC[C@H]2CC(=O)N[C@H]1C2. The summed E-state index contributed by atoms with van der Waals surface area (Å²) in [5, 5.41) is 3.14. The average Bonchev–Trinajstić information content (AvgIpc) is 2.97. The first-order valence-electron chi connectivity index (χ1n) is 8.29. The topological polar surface area (TPSA) is 88.3 Å². The van der Waals surface area contributed by atoms with Gasteiger partial charge in [0.2, 0.25) is 5.91 Å². The molecule has 1 amide bonds. The summed E-state index contributed by atoms with van der Waals surface area (Å²) < 4.78 is 2.08. The van der Waals surface area contributed by atoms with E-state index in [-0.39, 0.29) is 18.0 Å². The molecule has 8 nitrogen and oxygen atoms in total. The van der Waals surface area contributed by atoms with Crippen LogP contribution in [-0.4, -0.2) is 56.8 Å². The quantitative estimate of drug-likeness (QED) is 0.677. The highest BCUT2D eigenvalue weighted by Crippen LogP contribution is 2.38. The molecule has 2 aromatic heterocycles. The molecule has 3 heterocycles. The highest BCUT2D eigenvalue weighted by atomic mass is 16.1. The number of hydrogen-bond acceptors (Lipinski definition) is 5. The molecule has 1 aliphatic carbocycles. The van der Waals surface area contributed by atoms with Crippen molar-refractivity contribution in [3.05, 3.63) is 12.7 Å². The van der Waals surface area contributed by atoms with Crippen LogP contribution in [0.4, 0.5) is 5.82 Å². The molecule has 1 saturated carbocycles. The van der Waals surface area contributed by atoms with Crippen molar-refractivity contribution in [3.63, 3.8) is 0 Å². The third-order valence-corrected chi connectivity index (χ3v) is 4.85. The van der Waals surface area contributed by atoms with Crippen LogP contribution in [-0.2, 0) is 4.79 Å². The van der Waals surface area contributed by atoms with Gasteiger partial charge in [-0.1, -0.05) is 0 Å². The fourth-order valence-electron chi connectivity index (χ4n) is 3.79. The summed E-state index contributed by atoms with van der Waals surface area (Å²) in [4.78, 5) is 31.2. The van der Waals surface area contributed by atoms with Gasteiger partial charge < -0.3 is 14.8 Å². The minimum absolute atomic E-state index is 0.158. The van der Waals surface area contributed by atoms with E-state index in [1.807, 2.05) is 19.0 Å². The Kier molecular flexibility index (Phi) is 3.66. The van der Waals surface area contributed by atoms with E-state index in [1.165, 1.54) is 6.33 Å². The first kappa shape index (κ1) is 15.0. The number of piperidine rings is 1. The number of nitrogens with one attached hydrogen (secondary N) is 1. The number of aliphatic imine (C=N–C) groups is 1. The van der Waals surface area contributed by atoms with Crippen molar-refractivity contribution in [2.24, 2.45) is 10.9 Å². The van der Waals surface area contributed by atoms with Crippen LogP contribution in [0.15, 0.2) is 17.6 Å². The molecule has 3 atom stereocenters. The van der Waals surface area contributed by atoms with Gasteiger partial charge in [-0.2, -0.15) is 0 Å². The maximum Gasteiger partial charge on any atom is 0.220 e. The molecule has 2 aliphatic rings. The lowest BCUT2D eigenvalue weighted by Gasteiger charge is -2.40. The smallest absolute Gasteiger partial charge is 0.220 e. The van der Waals surface area contributed by atoms with Crippen molar-refractivity contribution in [1.29, 1.82) is 0 Å². The van der Waals surface area contributed by atoms with Crippen molar-refractivity contribution in [2.45, 2.75) is 37.8 Å². The molecule has 0 aromatic carbocycles. The zero-order valence-electron chi connectivity index (χ0n) is 13.9. The summed E-state index contributed by atoms with van der Waals surface area (Å²) >= 11 is 0. The molecule has 2 bridgehead atoms. The molecular formula is C16H21N7O. The minimum Gasteiger partial charge on any atom is -0.369 e. The van der Waals surface area contributed by atoms with Crippen molar-refractivity contribution >= 4 is 29.2 Å². The second-order valence-corrected chi connectivity index (χ2v) is 6.85. The summed E-state index contributed by atoms with van der Waals surface area (Å²) in [6, 6.07) is 0.349. The fourth-order valence-corrected chi connectivity index (χ4v) is 3.79. The minimum atomic E-state index is 0.158. The molecule has 2 fully saturated rings. The van der Waals surface area contributed by atoms with E-state index in [1.54, 1.807) is 12.7 Å². The summed E-state index contributed by atoms with van der Waals surface area (Å²) in [5.74, 6) is 1.25. The van der Waals surface area contributed by atoms with E-state index in [2.05, 4.69) is 29.8 Å². The molecule has 8 heteroatoms. The maximum atomic E-state index is 11.9. The number of hydrogen-bond donors (Lipinski definition) is 1. The highest BCUT2D eigenvalue weighted by molar-refractivity contribution is 5.83. The molecule has 0 spiro atoms. The Hall–Kier alpha value is -2.51. The van der Waals surface area contributed by atoms with E-state index in [0.717, 1.165) is 24.9 Å². The Morgan fingerprint density at radius 1 is 1.33 bits per heavy atom. The predicted molar refractivity (Wildman–Crippen MR) is 90.1 cm³/mol. The van der Waals surface area contributed by atoms with E-state index in [0.29, 0.717) is 23.7 Å². The van der Waals surface area contributed by atoms with Crippen LogP contribution >= 0.6 is 0 Å². The van der Waals surface area contributed by atoms with Gasteiger partial charge in [-0.15, -0.1) is 0 Å². The van der Waals surface area contributed by atoms with Crippen LogP contribution in [0.25, 0.3) is 11.2 Å². The number of carbonyl (C=O) groups is 1. The number of amides is 1. The normalized spacial score (nSPS) is 26.8. The Labute approximate surface area is 140 Å². The average molecular weight is 327 g/mol. The second-order valence-electron chi connectivity index (χ2n) is 6.85. The monoisotopic (exact) mass is 327 g/mol. The standard InChI is InChI=1S/C16H21N7O/c1-22(2)8-20-15-14-16(18-7-17-15)23(9-19-14)12-4-3-10-5-11(12)21-13(24)6-10/h7-12H,3-6H2,1-2H3,(H,21,24)/b20-8-/t10-,11+,12-/m1/s1. The van der Waals surface area contributed by atoms with Crippen LogP contribution in [0.2, 0.25) is 0 Å². The van der Waals surface area contributed by atoms with Crippen molar-refractivity contribution < 1.29 is 4.79 Å². The molecule has 126 valence electrons. The van der Waals surface area contributed by atoms with E-state index >= 15 is 0 Å². The zero-order valence-corrected chi connectivity index (χ0v) is 13.9. The zero-order chi connectivity index (χ0) is 16.7. The van der Waals surface area contributed by atoms with Gasteiger partial charge in [-0.3, -0.25) is 4.79 Å². The van der Waals surface area contributed by atoms with Gasteiger partial charge in [0.1, 0.15) is 6.33 Å². The van der Waals surface area contributed by atoms with Crippen LogP contribution in [0.1, 0.15) is 31.7 Å². The molecule has 1 aliphatic heterocycles. The van der Waals surface area contributed by atoms with Gasteiger partial charge >= 0.3 is 0 Å². The fraction of sp³-hybridized carbons (Fsp3) is 0.562. The van der Waals surface area contributed by atoms with Gasteiger partial charge in [0.05, 0.1) is 18.7 Å². The van der Waals surface area contributed by atoms with E-state index in [9.17, 15) is 4.79 Å². The van der Waals surface area contributed by atoms with E-state index in [4.69, 9.17) is 0 Å². The summed E-state index contributed by atoms with van der Waals surface area (Å²) in [7, 11) is 3.81. The first-order valence-corrected chi connectivity index (χ1v) is 8.29. The Bertz CT molecular complexity index is 797. The van der Waals surface area contributed by atoms with Crippen molar-refractivity contribution in [2.75, 3.05) is 14.1 Å². The lowest BCUT2D eigenvalue weighted by atomic mass is 9.77. The Balaban J connectivity index is 1.70. The number of rotatable bonds is 3. The van der Waals surface area contributed by atoms with Crippen LogP contribution in [0.5, 0.6) is 0 Å². The highest BCUT2D eigenvalue weighted by Gasteiger charge is 2.38. The summed E-state index contributed by atoms with van der Waals surface area (Å²) in [6.45, 7) is 0. The number of nitrogens with zero attached hydrogens (tertiary/aromatic N) is 6. The number of fused-ring (bicyclic) bond motifs is 3.